The first-order valence-electron chi connectivity index (χ1n) is 8.57. The summed E-state index contributed by atoms with van der Waals surface area (Å²) in [6.07, 6.45) is 2.27. The monoisotopic (exact) mass is 363 g/mol. The summed E-state index contributed by atoms with van der Waals surface area (Å²) in [6, 6.07) is 19.7. The molecule has 0 saturated heterocycles. The van der Waals surface area contributed by atoms with Crippen LogP contribution in [0.3, 0.4) is 0 Å². The Morgan fingerprint density at radius 1 is 1.08 bits per heavy atom. The van der Waals surface area contributed by atoms with Crippen LogP contribution in [0.5, 0.6) is 0 Å². The topological polar surface area (TPSA) is 54.9 Å². The molecule has 0 radical (unpaired) electrons. The Morgan fingerprint density at radius 3 is 2.62 bits per heavy atom. The zero-order valence-electron chi connectivity index (χ0n) is 14.8. The van der Waals surface area contributed by atoms with Crippen molar-refractivity contribution >= 4 is 23.4 Å². The standard InChI is InChI=1S/C21H21N3OS/c1-3-19(21(25)24-17-11-7-8-15(2)12-17)26-20-13-18(22-14-23-20)16-9-5-4-6-10-16/h4-14,19H,3H2,1-2H3,(H,24,25). The number of rotatable bonds is 6. The second-order valence-corrected chi connectivity index (χ2v) is 7.20. The van der Waals surface area contributed by atoms with Gasteiger partial charge in [0.2, 0.25) is 5.91 Å². The fourth-order valence-electron chi connectivity index (χ4n) is 2.58. The normalized spacial score (nSPS) is 11.8. The van der Waals surface area contributed by atoms with Gasteiger partial charge in [0.25, 0.3) is 0 Å². The second kappa shape index (κ2) is 8.63. The summed E-state index contributed by atoms with van der Waals surface area (Å²) in [5.74, 6) is -0.0111. The molecule has 0 fully saturated rings. The molecular formula is C21H21N3OS. The van der Waals surface area contributed by atoms with Gasteiger partial charge >= 0.3 is 0 Å². The molecule has 4 nitrogen and oxygen atoms in total. The number of hydrogen-bond acceptors (Lipinski definition) is 4. The highest BCUT2D eigenvalue weighted by Crippen LogP contribution is 2.27. The molecule has 1 unspecified atom stereocenters. The maximum Gasteiger partial charge on any atom is 0.237 e. The molecule has 26 heavy (non-hydrogen) atoms. The van der Waals surface area contributed by atoms with Crippen molar-refractivity contribution in [3.05, 3.63) is 72.6 Å². The second-order valence-electron chi connectivity index (χ2n) is 5.98. The zero-order chi connectivity index (χ0) is 18.4. The van der Waals surface area contributed by atoms with Crippen LogP contribution >= 0.6 is 11.8 Å². The highest BCUT2D eigenvalue weighted by molar-refractivity contribution is 8.00. The van der Waals surface area contributed by atoms with Crippen molar-refractivity contribution in [1.82, 2.24) is 9.97 Å². The minimum Gasteiger partial charge on any atom is -0.325 e. The number of thioether (sulfide) groups is 1. The van der Waals surface area contributed by atoms with Crippen LogP contribution in [0.2, 0.25) is 0 Å². The molecule has 2 aromatic carbocycles. The molecule has 3 aromatic rings. The van der Waals surface area contributed by atoms with Gasteiger partial charge < -0.3 is 5.32 Å². The third-order valence-corrected chi connectivity index (χ3v) is 5.22. The fraction of sp³-hybridized carbons (Fsp3) is 0.190. The molecule has 3 rings (SSSR count). The van der Waals surface area contributed by atoms with E-state index in [0.717, 1.165) is 27.5 Å². The Morgan fingerprint density at radius 2 is 1.88 bits per heavy atom. The van der Waals surface area contributed by atoms with E-state index < -0.39 is 0 Å². The number of amides is 1. The van der Waals surface area contributed by atoms with Crippen molar-refractivity contribution in [3.8, 4) is 11.3 Å². The first-order valence-corrected chi connectivity index (χ1v) is 9.45. The van der Waals surface area contributed by atoms with Crippen LogP contribution in [-0.4, -0.2) is 21.1 Å². The smallest absolute Gasteiger partial charge is 0.237 e. The van der Waals surface area contributed by atoms with Gasteiger partial charge in [-0.25, -0.2) is 9.97 Å². The summed E-state index contributed by atoms with van der Waals surface area (Å²) in [5.41, 5.74) is 3.83. The van der Waals surface area contributed by atoms with Gasteiger partial charge in [-0.05, 0) is 37.1 Å². The summed E-state index contributed by atoms with van der Waals surface area (Å²) >= 11 is 1.47. The van der Waals surface area contributed by atoms with Gasteiger partial charge in [0.05, 0.1) is 10.9 Å². The maximum atomic E-state index is 12.6. The largest absolute Gasteiger partial charge is 0.325 e. The third-order valence-electron chi connectivity index (χ3n) is 3.92. The number of aryl methyl sites for hydroxylation is 1. The van der Waals surface area contributed by atoms with E-state index in [9.17, 15) is 4.79 Å². The lowest BCUT2D eigenvalue weighted by Gasteiger charge is -2.15. The van der Waals surface area contributed by atoms with Gasteiger partial charge in [-0.1, -0.05) is 61.2 Å². The van der Waals surface area contributed by atoms with E-state index >= 15 is 0 Å². The van der Waals surface area contributed by atoms with Crippen molar-refractivity contribution in [1.29, 1.82) is 0 Å². The highest BCUT2D eigenvalue weighted by atomic mass is 32.2. The Balaban J connectivity index is 1.72. The first kappa shape index (κ1) is 18.1. The average Bonchev–Trinajstić information content (AvgIpc) is 2.67. The number of anilines is 1. The molecule has 5 heteroatoms. The summed E-state index contributed by atoms with van der Waals surface area (Å²) in [7, 11) is 0. The van der Waals surface area contributed by atoms with E-state index in [1.54, 1.807) is 6.33 Å². The van der Waals surface area contributed by atoms with E-state index in [-0.39, 0.29) is 11.2 Å². The summed E-state index contributed by atoms with van der Waals surface area (Å²) < 4.78 is 0. The Hall–Kier alpha value is -2.66. The summed E-state index contributed by atoms with van der Waals surface area (Å²) in [5, 5.41) is 3.58. The zero-order valence-corrected chi connectivity index (χ0v) is 15.7. The van der Waals surface area contributed by atoms with Crippen molar-refractivity contribution in [2.24, 2.45) is 0 Å². The van der Waals surface area contributed by atoms with Gasteiger partial charge in [-0.15, -0.1) is 0 Å². The van der Waals surface area contributed by atoms with Crippen LogP contribution in [0.25, 0.3) is 11.3 Å². The Bertz CT molecular complexity index is 883. The van der Waals surface area contributed by atoms with Gasteiger partial charge in [-0.3, -0.25) is 4.79 Å². The predicted octanol–water partition coefficient (Wildman–Crippen LogP) is 4.96. The molecule has 1 atom stereocenters. The number of nitrogens with zero attached hydrogens (tertiary/aromatic N) is 2. The van der Waals surface area contributed by atoms with Crippen molar-refractivity contribution in [2.75, 3.05) is 5.32 Å². The molecule has 0 aliphatic heterocycles. The SMILES string of the molecule is CCC(Sc1cc(-c2ccccc2)ncn1)C(=O)Nc1cccc(C)c1. The number of carbonyl (C=O) groups is 1. The minimum absolute atomic E-state index is 0.0111. The number of hydrogen-bond donors (Lipinski definition) is 1. The lowest BCUT2D eigenvalue weighted by atomic mass is 10.1. The van der Waals surface area contributed by atoms with Crippen LogP contribution in [0, 0.1) is 6.92 Å². The van der Waals surface area contributed by atoms with Gasteiger partial charge in [0, 0.05) is 11.3 Å². The van der Waals surface area contributed by atoms with E-state index in [0.29, 0.717) is 6.42 Å². The predicted molar refractivity (Wildman–Crippen MR) is 107 cm³/mol. The lowest BCUT2D eigenvalue weighted by molar-refractivity contribution is -0.115. The fourth-order valence-corrected chi connectivity index (χ4v) is 3.50. The molecule has 1 N–H and O–H groups in total. The molecule has 0 spiro atoms. The summed E-state index contributed by atoms with van der Waals surface area (Å²) in [4.78, 5) is 21.3. The lowest BCUT2D eigenvalue weighted by Crippen LogP contribution is -2.24. The molecule has 0 bridgehead atoms. The molecule has 1 heterocycles. The van der Waals surface area contributed by atoms with Crippen LogP contribution in [0.1, 0.15) is 18.9 Å². The van der Waals surface area contributed by atoms with Crippen molar-refractivity contribution in [3.63, 3.8) is 0 Å². The molecular weight excluding hydrogens is 342 g/mol. The maximum absolute atomic E-state index is 12.6. The first-order chi connectivity index (χ1) is 12.7. The van der Waals surface area contributed by atoms with E-state index in [2.05, 4.69) is 15.3 Å². The quantitative estimate of drug-likeness (QED) is 0.497. The number of nitrogens with one attached hydrogen (secondary N) is 1. The van der Waals surface area contributed by atoms with Crippen molar-refractivity contribution in [2.45, 2.75) is 30.5 Å². The number of aromatic nitrogens is 2. The Labute approximate surface area is 158 Å². The molecule has 1 aromatic heterocycles. The Kier molecular flexibility index (Phi) is 6.02. The van der Waals surface area contributed by atoms with Gasteiger partial charge in [0.1, 0.15) is 11.4 Å². The van der Waals surface area contributed by atoms with Crippen LogP contribution in [-0.2, 0) is 4.79 Å². The van der Waals surface area contributed by atoms with Crippen LogP contribution < -0.4 is 5.32 Å². The van der Waals surface area contributed by atoms with Gasteiger partial charge in [-0.2, -0.15) is 0 Å². The molecule has 0 saturated carbocycles. The van der Waals surface area contributed by atoms with E-state index in [1.807, 2.05) is 74.5 Å². The molecule has 0 aliphatic carbocycles. The van der Waals surface area contributed by atoms with E-state index in [4.69, 9.17) is 0 Å². The molecule has 1 amide bonds. The third kappa shape index (κ3) is 4.70. The number of carbonyl (C=O) groups excluding carboxylic acids is 1. The highest BCUT2D eigenvalue weighted by Gasteiger charge is 2.19. The van der Waals surface area contributed by atoms with E-state index in [1.165, 1.54) is 11.8 Å². The van der Waals surface area contributed by atoms with Gasteiger partial charge in [0.15, 0.2) is 0 Å². The molecule has 132 valence electrons. The summed E-state index contributed by atoms with van der Waals surface area (Å²) in [6.45, 7) is 4.01. The van der Waals surface area contributed by atoms with Crippen LogP contribution in [0.4, 0.5) is 5.69 Å². The molecule has 0 aliphatic rings. The average molecular weight is 363 g/mol. The minimum atomic E-state index is -0.214. The number of benzene rings is 2. The van der Waals surface area contributed by atoms with Crippen LogP contribution in [0.15, 0.2) is 72.0 Å². The van der Waals surface area contributed by atoms with Crippen molar-refractivity contribution < 1.29 is 4.79 Å².